The number of likely N-dealkylation sites (tertiary alicyclic amines) is 1. The van der Waals surface area contributed by atoms with Gasteiger partial charge in [-0.25, -0.2) is 4.39 Å². The molecule has 2 N–H and O–H groups in total. The first-order chi connectivity index (χ1) is 9.10. The number of fused-ring (bicyclic) bond motifs is 2. The van der Waals surface area contributed by atoms with Gasteiger partial charge in [-0.2, -0.15) is 0 Å². The van der Waals surface area contributed by atoms with Crippen LogP contribution in [0.25, 0.3) is 0 Å². The first-order valence-corrected chi connectivity index (χ1v) is 6.63. The summed E-state index contributed by atoms with van der Waals surface area (Å²) >= 11 is 0. The molecule has 0 spiro atoms. The van der Waals surface area contributed by atoms with Crippen molar-refractivity contribution in [3.8, 4) is 0 Å². The monoisotopic (exact) mass is 265 g/mol. The third kappa shape index (κ3) is 2.97. The summed E-state index contributed by atoms with van der Waals surface area (Å²) in [5.74, 6) is -0.433. The highest BCUT2D eigenvalue weighted by Gasteiger charge is 2.33. The largest absolute Gasteiger partial charge is 0.488 e. The molecule has 0 radical (unpaired) electrons. The number of benzene rings is 1. The summed E-state index contributed by atoms with van der Waals surface area (Å²) in [5, 5.41) is 18.3. The van der Waals surface area contributed by atoms with Gasteiger partial charge in [-0.15, -0.1) is 0 Å². The maximum absolute atomic E-state index is 13.4. The maximum atomic E-state index is 13.4. The fourth-order valence-electron chi connectivity index (χ4n) is 3.00. The third-order valence-electron chi connectivity index (χ3n) is 3.80. The Morgan fingerprint density at radius 2 is 1.89 bits per heavy atom. The molecule has 0 saturated carbocycles. The highest BCUT2D eigenvalue weighted by atomic mass is 19.1. The minimum atomic E-state index is -1.63. The molecule has 2 aliphatic heterocycles. The van der Waals surface area contributed by atoms with Gasteiger partial charge in [0.2, 0.25) is 0 Å². The van der Waals surface area contributed by atoms with E-state index in [0.29, 0.717) is 18.8 Å². The van der Waals surface area contributed by atoms with Crippen molar-refractivity contribution < 1.29 is 19.2 Å². The zero-order chi connectivity index (χ0) is 13.4. The molecular weight excluding hydrogens is 248 g/mol. The average molecular weight is 265 g/mol. The van der Waals surface area contributed by atoms with Crippen LogP contribution in [0.4, 0.5) is 4.39 Å². The van der Waals surface area contributed by atoms with Crippen LogP contribution in [0, 0.1) is 5.82 Å². The van der Waals surface area contributed by atoms with Crippen LogP contribution in [0.5, 0.6) is 0 Å². The summed E-state index contributed by atoms with van der Waals surface area (Å²) in [6, 6.07) is 4.24. The van der Waals surface area contributed by atoms with Crippen molar-refractivity contribution in [2.24, 2.45) is 0 Å². The highest BCUT2D eigenvalue weighted by molar-refractivity contribution is 6.58. The van der Waals surface area contributed by atoms with E-state index in [4.69, 9.17) is 14.8 Å². The van der Waals surface area contributed by atoms with E-state index >= 15 is 0 Å². The van der Waals surface area contributed by atoms with E-state index in [2.05, 4.69) is 4.90 Å². The number of hydrogen-bond donors (Lipinski definition) is 2. The molecule has 6 heteroatoms. The third-order valence-corrected chi connectivity index (χ3v) is 3.80. The van der Waals surface area contributed by atoms with E-state index in [0.717, 1.165) is 37.6 Å². The van der Waals surface area contributed by atoms with Crippen LogP contribution in [0.2, 0.25) is 0 Å². The number of ether oxygens (including phenoxy) is 1. The van der Waals surface area contributed by atoms with Crippen molar-refractivity contribution in [1.29, 1.82) is 0 Å². The minimum absolute atomic E-state index is 0.200. The van der Waals surface area contributed by atoms with Gasteiger partial charge >= 0.3 is 7.12 Å². The fraction of sp³-hybridized carbons (Fsp3) is 0.538. The molecular formula is C13H17BFNO3. The number of nitrogens with zero attached hydrogens (tertiary/aromatic N) is 1. The molecule has 2 atom stereocenters. The molecule has 0 aliphatic carbocycles. The summed E-state index contributed by atoms with van der Waals surface area (Å²) in [4.78, 5) is 2.24. The normalized spacial score (nSPS) is 26.7. The zero-order valence-corrected chi connectivity index (χ0v) is 10.6. The summed E-state index contributed by atoms with van der Waals surface area (Å²) in [6.07, 6.45) is 2.81. The van der Waals surface area contributed by atoms with Crippen LogP contribution in [0.3, 0.4) is 0 Å². The predicted octanol–water partition coefficient (Wildman–Crippen LogP) is -0.131. The van der Waals surface area contributed by atoms with Gasteiger partial charge in [0.05, 0.1) is 12.2 Å². The molecule has 19 heavy (non-hydrogen) atoms. The van der Waals surface area contributed by atoms with Gasteiger partial charge in [-0.05, 0) is 36.0 Å². The van der Waals surface area contributed by atoms with Crippen molar-refractivity contribution in [2.75, 3.05) is 13.1 Å². The Morgan fingerprint density at radius 3 is 2.53 bits per heavy atom. The zero-order valence-electron chi connectivity index (χ0n) is 10.6. The maximum Gasteiger partial charge on any atom is 0.488 e. The van der Waals surface area contributed by atoms with Gasteiger partial charge in [0, 0.05) is 19.6 Å². The number of rotatable bonds is 3. The van der Waals surface area contributed by atoms with Gasteiger partial charge in [0.1, 0.15) is 5.82 Å². The van der Waals surface area contributed by atoms with Gasteiger partial charge in [0.25, 0.3) is 0 Å². The van der Waals surface area contributed by atoms with Crippen molar-refractivity contribution in [3.05, 3.63) is 29.6 Å². The van der Waals surface area contributed by atoms with Crippen LogP contribution in [-0.4, -0.2) is 47.4 Å². The molecule has 1 aromatic carbocycles. The average Bonchev–Trinajstić information content (AvgIpc) is 2.68. The first kappa shape index (κ1) is 13.1. The minimum Gasteiger partial charge on any atom is -0.423 e. The highest BCUT2D eigenvalue weighted by Crippen LogP contribution is 2.27. The lowest BCUT2D eigenvalue weighted by Gasteiger charge is -2.32. The Labute approximate surface area is 111 Å². The van der Waals surface area contributed by atoms with E-state index in [-0.39, 0.29) is 5.46 Å². The van der Waals surface area contributed by atoms with Gasteiger partial charge in [-0.3, -0.25) is 4.90 Å². The Balaban J connectivity index is 1.72. The molecule has 2 fully saturated rings. The van der Waals surface area contributed by atoms with E-state index in [1.807, 2.05) is 0 Å². The number of hydrogen-bond acceptors (Lipinski definition) is 4. The first-order valence-electron chi connectivity index (χ1n) is 6.63. The molecule has 2 heterocycles. The molecule has 3 rings (SSSR count). The molecule has 2 bridgehead atoms. The second-order valence-electron chi connectivity index (χ2n) is 5.42. The van der Waals surface area contributed by atoms with Crippen LogP contribution >= 0.6 is 0 Å². The fourth-order valence-corrected chi connectivity index (χ4v) is 3.00. The molecule has 2 saturated heterocycles. The van der Waals surface area contributed by atoms with Gasteiger partial charge in [-0.1, -0.05) is 6.07 Å². The molecule has 1 aromatic rings. The molecule has 2 aliphatic rings. The van der Waals surface area contributed by atoms with Crippen LogP contribution in [-0.2, 0) is 11.3 Å². The summed E-state index contributed by atoms with van der Waals surface area (Å²) in [6.45, 7) is 2.35. The Morgan fingerprint density at radius 1 is 1.21 bits per heavy atom. The second-order valence-corrected chi connectivity index (χ2v) is 5.42. The van der Waals surface area contributed by atoms with E-state index < -0.39 is 12.9 Å². The molecule has 0 amide bonds. The van der Waals surface area contributed by atoms with Crippen molar-refractivity contribution >= 4 is 12.6 Å². The second kappa shape index (κ2) is 5.21. The van der Waals surface area contributed by atoms with Crippen LogP contribution in [0.1, 0.15) is 18.4 Å². The topological polar surface area (TPSA) is 52.9 Å². The van der Waals surface area contributed by atoms with Crippen molar-refractivity contribution in [3.63, 3.8) is 0 Å². The molecule has 4 nitrogen and oxygen atoms in total. The van der Waals surface area contributed by atoms with Gasteiger partial charge < -0.3 is 14.8 Å². The lowest BCUT2D eigenvalue weighted by atomic mass is 9.79. The van der Waals surface area contributed by atoms with Crippen LogP contribution < -0.4 is 5.46 Å². The standard InChI is InChI=1S/C13H17BFNO3/c15-11-4-9(3-10(5-11)14(17)18)6-16-7-12-1-2-13(8-16)19-12/h3-5,12-13,17-18H,1-2,6-8H2. The van der Waals surface area contributed by atoms with E-state index in [9.17, 15) is 4.39 Å². The smallest absolute Gasteiger partial charge is 0.423 e. The van der Waals surface area contributed by atoms with E-state index in [1.165, 1.54) is 6.07 Å². The molecule has 102 valence electrons. The Hall–Kier alpha value is -0.945. The van der Waals surface area contributed by atoms with E-state index in [1.54, 1.807) is 6.07 Å². The molecule has 2 unspecified atom stereocenters. The number of morpholine rings is 1. The summed E-state index contributed by atoms with van der Waals surface area (Å²) in [7, 11) is -1.63. The Kier molecular flexibility index (Phi) is 3.58. The van der Waals surface area contributed by atoms with Crippen molar-refractivity contribution in [2.45, 2.75) is 31.6 Å². The summed E-state index contributed by atoms with van der Waals surface area (Å²) in [5.41, 5.74) is 0.968. The van der Waals surface area contributed by atoms with Crippen LogP contribution in [0.15, 0.2) is 18.2 Å². The quantitative estimate of drug-likeness (QED) is 0.747. The number of halogens is 1. The Bertz CT molecular complexity index is 459. The lowest BCUT2D eigenvalue weighted by Crippen LogP contribution is -2.42. The van der Waals surface area contributed by atoms with Crippen molar-refractivity contribution in [1.82, 2.24) is 4.90 Å². The SMILES string of the molecule is OB(O)c1cc(F)cc(CN2CC3CCC(C2)O3)c1. The van der Waals surface area contributed by atoms with Gasteiger partial charge in [0.15, 0.2) is 0 Å². The predicted molar refractivity (Wildman–Crippen MR) is 69.4 cm³/mol. The summed E-state index contributed by atoms with van der Waals surface area (Å²) < 4.78 is 19.2. The lowest BCUT2D eigenvalue weighted by molar-refractivity contribution is -0.0410. The molecule has 0 aromatic heterocycles.